The molecule has 3 heteroatoms. The second kappa shape index (κ2) is 3.85. The molecule has 1 aromatic heterocycles. The minimum absolute atomic E-state index is 0.0868. The van der Waals surface area contributed by atoms with Crippen molar-refractivity contribution in [3.63, 3.8) is 0 Å². The number of carbonyl (C=O) groups excluding carboxylic acids is 1. The van der Waals surface area contributed by atoms with Crippen LogP contribution in [0.4, 0.5) is 0 Å². The van der Waals surface area contributed by atoms with Gasteiger partial charge in [0.1, 0.15) is 7.05 Å². The molecule has 64 valence electrons. The summed E-state index contributed by atoms with van der Waals surface area (Å²) in [6.45, 7) is 1.95. The third-order valence-electron chi connectivity index (χ3n) is 1.82. The van der Waals surface area contributed by atoms with E-state index >= 15 is 0 Å². The van der Waals surface area contributed by atoms with E-state index in [2.05, 4.69) is 5.32 Å². The summed E-state index contributed by atoms with van der Waals surface area (Å²) in [4.78, 5) is 10.1. The molecule has 0 saturated carbocycles. The van der Waals surface area contributed by atoms with Crippen LogP contribution < -0.4 is 9.88 Å². The molecule has 1 heterocycles. The van der Waals surface area contributed by atoms with Crippen LogP contribution in [0.5, 0.6) is 0 Å². The highest BCUT2D eigenvalue weighted by Gasteiger charge is 2.03. The van der Waals surface area contributed by atoms with E-state index in [0.29, 0.717) is 0 Å². The van der Waals surface area contributed by atoms with Crippen LogP contribution in [0.15, 0.2) is 24.5 Å². The van der Waals surface area contributed by atoms with E-state index < -0.39 is 0 Å². The second-order valence-electron chi connectivity index (χ2n) is 2.80. The molecule has 0 unspecified atom stereocenters. The van der Waals surface area contributed by atoms with Crippen LogP contribution in [0.25, 0.3) is 0 Å². The van der Waals surface area contributed by atoms with Crippen molar-refractivity contribution in [1.29, 1.82) is 0 Å². The predicted octanol–water partition coefficient (Wildman–Crippen LogP) is 0.318. The molecule has 0 aliphatic heterocycles. The van der Waals surface area contributed by atoms with E-state index in [9.17, 15) is 4.79 Å². The highest BCUT2D eigenvalue weighted by atomic mass is 16.1. The number of aryl methyl sites for hydroxylation is 1. The zero-order valence-corrected chi connectivity index (χ0v) is 7.32. The van der Waals surface area contributed by atoms with Crippen molar-refractivity contribution in [3.8, 4) is 0 Å². The molecule has 0 saturated heterocycles. The zero-order chi connectivity index (χ0) is 8.97. The van der Waals surface area contributed by atoms with Gasteiger partial charge in [-0.3, -0.25) is 4.79 Å². The van der Waals surface area contributed by atoms with Gasteiger partial charge in [0, 0.05) is 12.1 Å². The standard InChI is InChI=1S/C9H12N2O/c1-8(10-7-12)9-3-5-11(2)6-4-9/h3-8H,1-2H3/p+1/t8-/m1/s1. The first-order valence-electron chi connectivity index (χ1n) is 3.89. The minimum Gasteiger partial charge on any atom is -0.352 e. The number of nitrogens with zero attached hydrogens (tertiary/aromatic N) is 1. The Hall–Kier alpha value is -1.38. The van der Waals surface area contributed by atoms with Crippen LogP contribution >= 0.6 is 0 Å². The number of hydrogen-bond acceptors (Lipinski definition) is 1. The van der Waals surface area contributed by atoms with Crippen LogP contribution in [0.3, 0.4) is 0 Å². The van der Waals surface area contributed by atoms with Gasteiger partial charge in [0.2, 0.25) is 6.41 Å². The third-order valence-corrected chi connectivity index (χ3v) is 1.82. The quantitative estimate of drug-likeness (QED) is 0.507. The Morgan fingerprint density at radius 1 is 1.50 bits per heavy atom. The monoisotopic (exact) mass is 165 g/mol. The smallest absolute Gasteiger partial charge is 0.207 e. The molecular weight excluding hydrogens is 152 g/mol. The molecule has 0 aromatic carbocycles. The number of amides is 1. The van der Waals surface area contributed by atoms with Crippen molar-refractivity contribution < 1.29 is 9.36 Å². The van der Waals surface area contributed by atoms with Crippen LogP contribution in [-0.2, 0) is 11.8 Å². The fraction of sp³-hybridized carbons (Fsp3) is 0.333. The number of rotatable bonds is 3. The maximum absolute atomic E-state index is 10.1. The Kier molecular flexibility index (Phi) is 2.80. The molecule has 1 rings (SSSR count). The van der Waals surface area contributed by atoms with Crippen LogP contribution in [0, 0.1) is 0 Å². The molecule has 0 aliphatic rings. The van der Waals surface area contributed by atoms with Gasteiger partial charge in [-0.15, -0.1) is 0 Å². The molecule has 0 spiro atoms. The molecule has 1 aromatic rings. The van der Waals surface area contributed by atoms with E-state index in [-0.39, 0.29) is 6.04 Å². The average molecular weight is 165 g/mol. The van der Waals surface area contributed by atoms with Gasteiger partial charge in [-0.2, -0.15) is 0 Å². The summed E-state index contributed by atoms with van der Waals surface area (Å²) in [6.07, 6.45) is 4.63. The predicted molar refractivity (Wildman–Crippen MR) is 45.2 cm³/mol. The van der Waals surface area contributed by atoms with Gasteiger partial charge in [0.25, 0.3) is 0 Å². The number of nitrogens with one attached hydrogen (secondary N) is 1. The molecule has 1 amide bonds. The van der Waals surface area contributed by atoms with E-state index in [0.717, 1.165) is 12.0 Å². The Balaban J connectivity index is 2.74. The molecule has 0 aliphatic carbocycles. The molecule has 3 nitrogen and oxygen atoms in total. The zero-order valence-electron chi connectivity index (χ0n) is 7.32. The van der Waals surface area contributed by atoms with Gasteiger partial charge in [-0.05, 0) is 12.5 Å². The number of hydrogen-bond donors (Lipinski definition) is 1. The summed E-state index contributed by atoms with van der Waals surface area (Å²) < 4.78 is 1.96. The van der Waals surface area contributed by atoms with E-state index in [1.54, 1.807) is 0 Å². The van der Waals surface area contributed by atoms with Crippen LogP contribution in [-0.4, -0.2) is 6.41 Å². The Labute approximate surface area is 72.0 Å². The first-order valence-corrected chi connectivity index (χ1v) is 3.89. The van der Waals surface area contributed by atoms with Crippen molar-refractivity contribution in [1.82, 2.24) is 5.32 Å². The van der Waals surface area contributed by atoms with Crippen LogP contribution in [0.1, 0.15) is 18.5 Å². The summed E-state index contributed by atoms with van der Waals surface area (Å²) in [5, 5.41) is 2.69. The summed E-state index contributed by atoms with van der Waals surface area (Å²) in [7, 11) is 1.96. The first-order chi connectivity index (χ1) is 5.74. The lowest BCUT2D eigenvalue weighted by atomic mass is 10.1. The van der Waals surface area contributed by atoms with Gasteiger partial charge < -0.3 is 5.32 Å². The molecule has 1 atom stereocenters. The SMILES string of the molecule is C[C@@H](NC=O)c1cc[n+](C)cc1. The fourth-order valence-corrected chi connectivity index (χ4v) is 0.999. The van der Waals surface area contributed by atoms with E-state index in [1.165, 1.54) is 0 Å². The largest absolute Gasteiger partial charge is 0.352 e. The number of aromatic nitrogens is 1. The summed E-state index contributed by atoms with van der Waals surface area (Å²) in [6, 6.07) is 4.06. The molecule has 12 heavy (non-hydrogen) atoms. The summed E-state index contributed by atoms with van der Waals surface area (Å²) in [5.41, 5.74) is 1.11. The minimum atomic E-state index is 0.0868. The Morgan fingerprint density at radius 3 is 2.58 bits per heavy atom. The van der Waals surface area contributed by atoms with Gasteiger partial charge in [-0.1, -0.05) is 0 Å². The molecule has 1 N–H and O–H groups in total. The van der Waals surface area contributed by atoms with Crippen LogP contribution in [0.2, 0.25) is 0 Å². The lowest BCUT2D eigenvalue weighted by Gasteiger charge is -2.08. The van der Waals surface area contributed by atoms with Gasteiger partial charge in [0.15, 0.2) is 12.4 Å². The molecule has 0 bridgehead atoms. The fourth-order valence-electron chi connectivity index (χ4n) is 0.999. The van der Waals surface area contributed by atoms with Crippen molar-refractivity contribution in [3.05, 3.63) is 30.1 Å². The maximum Gasteiger partial charge on any atom is 0.207 e. The van der Waals surface area contributed by atoms with Crippen molar-refractivity contribution in [2.75, 3.05) is 0 Å². The average Bonchev–Trinajstić information content (AvgIpc) is 2.06. The van der Waals surface area contributed by atoms with E-state index in [1.807, 2.05) is 43.1 Å². The molecule has 0 radical (unpaired) electrons. The van der Waals surface area contributed by atoms with Crippen molar-refractivity contribution in [2.45, 2.75) is 13.0 Å². The topological polar surface area (TPSA) is 33.0 Å². The third kappa shape index (κ3) is 2.05. The van der Waals surface area contributed by atoms with Crippen molar-refractivity contribution in [2.24, 2.45) is 7.05 Å². The molecular formula is C9H13N2O+. The second-order valence-corrected chi connectivity index (χ2v) is 2.80. The normalized spacial score (nSPS) is 12.2. The Bertz CT molecular complexity index is 256. The lowest BCUT2D eigenvalue weighted by Crippen LogP contribution is -2.27. The maximum atomic E-state index is 10.1. The highest BCUT2D eigenvalue weighted by molar-refractivity contribution is 5.47. The highest BCUT2D eigenvalue weighted by Crippen LogP contribution is 2.07. The Morgan fingerprint density at radius 2 is 2.08 bits per heavy atom. The lowest BCUT2D eigenvalue weighted by molar-refractivity contribution is -0.671. The molecule has 0 fully saturated rings. The first kappa shape index (κ1) is 8.71. The number of carbonyl (C=O) groups is 1. The van der Waals surface area contributed by atoms with Gasteiger partial charge in [-0.25, -0.2) is 4.57 Å². The van der Waals surface area contributed by atoms with E-state index in [4.69, 9.17) is 0 Å². The van der Waals surface area contributed by atoms with Gasteiger partial charge in [0.05, 0.1) is 6.04 Å². The van der Waals surface area contributed by atoms with Gasteiger partial charge >= 0.3 is 0 Å². The summed E-state index contributed by atoms with van der Waals surface area (Å²) in [5.74, 6) is 0. The van der Waals surface area contributed by atoms with Crippen molar-refractivity contribution >= 4 is 6.41 Å². The summed E-state index contributed by atoms with van der Waals surface area (Å²) >= 11 is 0. The number of pyridine rings is 1.